The van der Waals surface area contributed by atoms with E-state index < -0.39 is 13.9 Å². The molecule has 2 aliphatic rings. The number of hydrogen-bond donors (Lipinski definition) is 3. The van der Waals surface area contributed by atoms with Crippen LogP contribution in [0.15, 0.2) is 22.3 Å². The van der Waals surface area contributed by atoms with E-state index in [0.717, 1.165) is 33.4 Å². The monoisotopic (exact) mass is 477 g/mol. The van der Waals surface area contributed by atoms with Crippen LogP contribution in [0.2, 0.25) is 0 Å². The maximum absolute atomic E-state index is 11.0. The van der Waals surface area contributed by atoms with Gasteiger partial charge in [-0.25, -0.2) is 15.0 Å². The lowest BCUT2D eigenvalue weighted by Crippen LogP contribution is -2.14. The third kappa shape index (κ3) is 3.87. The van der Waals surface area contributed by atoms with Gasteiger partial charge in [-0.1, -0.05) is 0 Å². The summed E-state index contributed by atoms with van der Waals surface area (Å²) in [6.07, 6.45) is 7.24. The summed E-state index contributed by atoms with van der Waals surface area (Å²) >= 11 is 2.14. The number of allylic oxidation sites excluding steroid dienone is 1. The molecule has 25 heavy (non-hydrogen) atoms. The first-order valence-corrected chi connectivity index (χ1v) is 10.8. The molecule has 0 amide bonds. The van der Waals surface area contributed by atoms with Crippen molar-refractivity contribution in [2.45, 2.75) is 37.5 Å². The summed E-state index contributed by atoms with van der Waals surface area (Å²) in [6, 6.07) is 0.448. The van der Waals surface area contributed by atoms with Crippen LogP contribution >= 0.6 is 30.2 Å². The number of aromatic nitrogens is 4. The second-order valence-electron chi connectivity index (χ2n) is 6.27. The number of anilines is 1. The van der Waals surface area contributed by atoms with Crippen LogP contribution < -0.4 is 5.32 Å². The first-order valence-electron chi connectivity index (χ1n) is 7.88. The lowest BCUT2D eigenvalue weighted by molar-refractivity contribution is 0.101. The molecular weight excluding hydrogens is 460 g/mol. The Morgan fingerprint density at radius 3 is 2.88 bits per heavy atom. The van der Waals surface area contributed by atoms with E-state index in [0.29, 0.717) is 12.5 Å². The van der Waals surface area contributed by atoms with Gasteiger partial charge in [0, 0.05) is 16.0 Å². The molecule has 0 spiro atoms. The molecule has 2 aromatic rings. The SMILES string of the molecule is O=P(O)(O)CO[C@H]1C[C@@H](n2cnc3c(NC4CC4)ncnc32)C=C1I. The first-order chi connectivity index (χ1) is 11.9. The number of hydrogen-bond acceptors (Lipinski definition) is 6. The van der Waals surface area contributed by atoms with E-state index in [9.17, 15) is 4.57 Å². The number of ether oxygens (including phenoxy) is 1. The van der Waals surface area contributed by atoms with Gasteiger partial charge in [0.15, 0.2) is 11.5 Å². The van der Waals surface area contributed by atoms with Gasteiger partial charge in [-0.3, -0.25) is 4.57 Å². The molecular formula is C14H17IN5O4P. The molecule has 9 nitrogen and oxygen atoms in total. The van der Waals surface area contributed by atoms with E-state index in [1.54, 1.807) is 6.33 Å². The van der Waals surface area contributed by atoms with Gasteiger partial charge < -0.3 is 24.4 Å². The van der Waals surface area contributed by atoms with Crippen LogP contribution in [0.4, 0.5) is 5.82 Å². The summed E-state index contributed by atoms with van der Waals surface area (Å²) in [5.41, 5.74) is 1.47. The quantitative estimate of drug-likeness (QED) is 0.428. The standard InChI is InChI=1S/C14H17IN5O4P/c15-10-3-9(4-11(10)24-7-25(21,22)23)20-6-18-12-13(19-8-1-2-8)16-5-17-14(12)20/h3,5-6,8-9,11H,1-2,4,7H2,(H,16,17,19)(H2,21,22,23)/t9-,11-/m0/s1. The van der Waals surface area contributed by atoms with E-state index in [1.165, 1.54) is 6.33 Å². The van der Waals surface area contributed by atoms with Gasteiger partial charge in [-0.05, 0) is 41.5 Å². The average molecular weight is 477 g/mol. The lowest BCUT2D eigenvalue weighted by Gasteiger charge is -2.16. The Morgan fingerprint density at radius 1 is 1.36 bits per heavy atom. The summed E-state index contributed by atoms with van der Waals surface area (Å²) in [6.45, 7) is 0. The summed E-state index contributed by atoms with van der Waals surface area (Å²) in [5, 5.41) is 3.36. The van der Waals surface area contributed by atoms with Crippen molar-refractivity contribution >= 4 is 47.2 Å². The number of halogens is 1. The highest BCUT2D eigenvalue weighted by molar-refractivity contribution is 14.1. The molecule has 11 heteroatoms. The molecule has 0 bridgehead atoms. The van der Waals surface area contributed by atoms with Crippen LogP contribution in [0.3, 0.4) is 0 Å². The minimum Gasteiger partial charge on any atom is -0.365 e. The molecule has 2 atom stereocenters. The third-order valence-corrected chi connectivity index (χ3v) is 5.73. The van der Waals surface area contributed by atoms with Crippen molar-refractivity contribution in [3.05, 3.63) is 22.3 Å². The van der Waals surface area contributed by atoms with Gasteiger partial charge in [0.2, 0.25) is 0 Å². The molecule has 0 unspecified atom stereocenters. The molecule has 3 N–H and O–H groups in total. The molecule has 1 saturated carbocycles. The van der Waals surface area contributed by atoms with Crippen molar-refractivity contribution in [3.8, 4) is 0 Å². The molecule has 0 aromatic carbocycles. The van der Waals surface area contributed by atoms with Gasteiger partial charge in [-0.2, -0.15) is 0 Å². The molecule has 0 radical (unpaired) electrons. The van der Waals surface area contributed by atoms with E-state index >= 15 is 0 Å². The van der Waals surface area contributed by atoms with Gasteiger partial charge in [-0.15, -0.1) is 0 Å². The zero-order chi connectivity index (χ0) is 17.6. The topological polar surface area (TPSA) is 122 Å². The van der Waals surface area contributed by atoms with Crippen molar-refractivity contribution in [1.29, 1.82) is 0 Å². The second-order valence-corrected chi connectivity index (χ2v) is 9.10. The molecule has 134 valence electrons. The summed E-state index contributed by atoms with van der Waals surface area (Å²) < 4.78 is 19.3. The Balaban J connectivity index is 1.55. The molecule has 0 aliphatic heterocycles. The minimum absolute atomic E-state index is 0.0256. The molecule has 2 aromatic heterocycles. The van der Waals surface area contributed by atoms with Crippen LogP contribution in [0.25, 0.3) is 11.2 Å². The largest absolute Gasteiger partial charge is 0.365 e. The number of nitrogens with one attached hydrogen (secondary N) is 1. The molecule has 0 saturated heterocycles. The fraction of sp³-hybridized carbons (Fsp3) is 0.500. The second kappa shape index (κ2) is 6.58. The normalized spacial score (nSPS) is 23.9. The fourth-order valence-corrected chi connectivity index (χ4v) is 4.06. The van der Waals surface area contributed by atoms with Crippen LogP contribution in [-0.4, -0.2) is 47.8 Å². The molecule has 2 heterocycles. The summed E-state index contributed by atoms with van der Waals surface area (Å²) in [7, 11) is -4.18. The predicted molar refractivity (Wildman–Crippen MR) is 99.5 cm³/mol. The Hall–Kier alpha value is -1.07. The molecule has 1 fully saturated rings. The number of rotatable bonds is 6. The third-order valence-electron chi connectivity index (χ3n) is 4.19. The Morgan fingerprint density at radius 2 is 2.16 bits per heavy atom. The molecule has 4 rings (SSSR count). The number of fused-ring (bicyclic) bond motifs is 1. The van der Waals surface area contributed by atoms with E-state index in [-0.39, 0.29) is 12.1 Å². The minimum atomic E-state index is -4.18. The van der Waals surface area contributed by atoms with Crippen LogP contribution in [0.5, 0.6) is 0 Å². The van der Waals surface area contributed by atoms with Crippen molar-refractivity contribution in [2.24, 2.45) is 0 Å². The van der Waals surface area contributed by atoms with Crippen LogP contribution in [-0.2, 0) is 9.30 Å². The smallest absolute Gasteiger partial charge is 0.351 e. The highest BCUT2D eigenvalue weighted by Crippen LogP contribution is 2.40. The Labute approximate surface area is 157 Å². The van der Waals surface area contributed by atoms with Gasteiger partial charge in [0.1, 0.15) is 18.2 Å². The summed E-state index contributed by atoms with van der Waals surface area (Å²) in [5.74, 6) is 0.747. The van der Waals surface area contributed by atoms with Crippen molar-refractivity contribution in [3.63, 3.8) is 0 Å². The lowest BCUT2D eigenvalue weighted by atomic mass is 10.2. The van der Waals surface area contributed by atoms with Crippen molar-refractivity contribution < 1.29 is 19.1 Å². The maximum Gasteiger partial charge on any atom is 0.351 e. The highest BCUT2D eigenvalue weighted by Gasteiger charge is 2.30. The fourth-order valence-electron chi connectivity index (χ4n) is 2.84. The van der Waals surface area contributed by atoms with E-state index in [2.05, 4.69) is 42.9 Å². The van der Waals surface area contributed by atoms with E-state index in [4.69, 9.17) is 14.5 Å². The van der Waals surface area contributed by atoms with Crippen molar-refractivity contribution in [1.82, 2.24) is 19.5 Å². The summed E-state index contributed by atoms with van der Waals surface area (Å²) in [4.78, 5) is 31.1. The number of imidazole rings is 1. The zero-order valence-corrected chi connectivity index (χ0v) is 16.2. The Kier molecular flexibility index (Phi) is 4.57. The van der Waals surface area contributed by atoms with Crippen molar-refractivity contribution in [2.75, 3.05) is 11.7 Å². The van der Waals surface area contributed by atoms with Gasteiger partial charge in [0.25, 0.3) is 0 Å². The first kappa shape index (κ1) is 17.3. The zero-order valence-electron chi connectivity index (χ0n) is 13.1. The van der Waals surface area contributed by atoms with Crippen LogP contribution in [0.1, 0.15) is 25.3 Å². The molecule has 2 aliphatic carbocycles. The average Bonchev–Trinajstić information content (AvgIpc) is 3.12. The maximum atomic E-state index is 11.0. The highest BCUT2D eigenvalue weighted by atomic mass is 127. The van der Waals surface area contributed by atoms with E-state index in [1.807, 2.05) is 10.6 Å². The van der Waals surface area contributed by atoms with Gasteiger partial charge >= 0.3 is 7.60 Å². The van der Waals surface area contributed by atoms with Gasteiger partial charge in [0.05, 0.1) is 18.5 Å². The Bertz CT molecular complexity index is 877. The van der Waals surface area contributed by atoms with Crippen LogP contribution in [0, 0.1) is 0 Å². The predicted octanol–water partition coefficient (Wildman–Crippen LogP) is 2.18. The number of nitrogens with zero attached hydrogens (tertiary/aromatic N) is 4.